The van der Waals surface area contributed by atoms with Crippen LogP contribution in [0, 0.1) is 0 Å². The van der Waals surface area contributed by atoms with Crippen molar-refractivity contribution in [1.82, 2.24) is 0 Å². The van der Waals surface area contributed by atoms with Crippen molar-refractivity contribution < 1.29 is 25.2 Å². The van der Waals surface area contributed by atoms with E-state index in [9.17, 15) is 15.3 Å². The maximum Gasteiger partial charge on any atom is 0.136 e. The molecule has 1 saturated heterocycles. The van der Waals surface area contributed by atoms with Gasteiger partial charge < -0.3 is 25.2 Å². The molecule has 4 N–H and O–H groups in total. The second-order valence-electron chi connectivity index (χ2n) is 4.13. The Morgan fingerprint density at radius 3 is 2.44 bits per heavy atom. The summed E-state index contributed by atoms with van der Waals surface area (Å²) in [6, 6.07) is 9.33. The lowest BCUT2D eigenvalue weighted by Crippen LogP contribution is -2.40. The zero-order valence-corrected chi connectivity index (χ0v) is 10.4. The van der Waals surface area contributed by atoms with Crippen LogP contribution in [-0.4, -0.2) is 56.9 Å². The van der Waals surface area contributed by atoms with Gasteiger partial charge in [-0.05, 0) is 12.1 Å². The molecule has 1 aromatic carbocycles. The number of benzene rings is 1. The van der Waals surface area contributed by atoms with Gasteiger partial charge in [-0.15, -0.1) is 0 Å². The lowest BCUT2D eigenvalue weighted by atomic mass is 10.1. The minimum Gasteiger partial charge on any atom is -0.394 e. The molecule has 0 bridgehead atoms. The van der Waals surface area contributed by atoms with E-state index in [1.54, 1.807) is 0 Å². The number of hydrogen-bond donors (Lipinski definition) is 4. The van der Waals surface area contributed by atoms with E-state index in [-0.39, 0.29) is 0 Å². The Bertz CT molecular complexity index is 374. The first kappa shape index (κ1) is 13.8. The molecule has 0 radical (unpaired) electrons. The average molecular weight is 272 g/mol. The summed E-state index contributed by atoms with van der Waals surface area (Å²) in [7, 11) is 0. The molecule has 5 atom stereocenters. The van der Waals surface area contributed by atoms with Crippen molar-refractivity contribution in [3.63, 3.8) is 0 Å². The minimum absolute atomic E-state index is 0.517. The predicted octanol–water partition coefficient (Wildman–Crippen LogP) is -0.421. The Labute approximate surface area is 109 Å². The first-order valence-corrected chi connectivity index (χ1v) is 6.53. The molecule has 0 saturated carbocycles. The lowest BCUT2D eigenvalue weighted by molar-refractivity contribution is -0.0713. The molecule has 0 amide bonds. The molecule has 0 aromatic heterocycles. The summed E-state index contributed by atoms with van der Waals surface area (Å²) in [6.07, 6.45) is -4.46. The minimum atomic E-state index is -1.20. The van der Waals surface area contributed by atoms with E-state index in [1.165, 1.54) is 11.8 Å². The molecule has 6 heteroatoms. The van der Waals surface area contributed by atoms with Gasteiger partial charge in [0.05, 0.1) is 6.61 Å². The van der Waals surface area contributed by atoms with Gasteiger partial charge in [0.2, 0.25) is 0 Å². The van der Waals surface area contributed by atoms with Crippen LogP contribution < -0.4 is 0 Å². The molecular formula is C12H16O5S. The Kier molecular flexibility index (Phi) is 4.60. The number of thioether (sulfide) groups is 1. The standard InChI is InChI=1S/C12H16O5S/c13-6-8(14)11-9(15)10(16)12(17-11)18-7-4-2-1-3-5-7/h1-5,8-16H,6H2/t8-,9-,10-,11-,12-/m1/s1. The molecule has 0 spiro atoms. The zero-order chi connectivity index (χ0) is 13.1. The molecule has 0 aliphatic carbocycles. The smallest absolute Gasteiger partial charge is 0.136 e. The van der Waals surface area contributed by atoms with Crippen LogP contribution in [0.15, 0.2) is 35.2 Å². The van der Waals surface area contributed by atoms with Gasteiger partial charge in [-0.25, -0.2) is 0 Å². The zero-order valence-electron chi connectivity index (χ0n) is 9.59. The summed E-state index contributed by atoms with van der Waals surface area (Å²) in [4.78, 5) is 0.896. The predicted molar refractivity (Wildman–Crippen MR) is 66.1 cm³/mol. The highest BCUT2D eigenvalue weighted by Gasteiger charge is 2.46. The number of hydrogen-bond acceptors (Lipinski definition) is 6. The molecule has 1 aromatic rings. The van der Waals surface area contributed by atoms with Crippen LogP contribution in [0.4, 0.5) is 0 Å². The molecule has 2 rings (SSSR count). The summed E-state index contributed by atoms with van der Waals surface area (Å²) in [5.41, 5.74) is -0.659. The van der Waals surface area contributed by atoms with Crippen molar-refractivity contribution in [2.75, 3.05) is 6.61 Å². The second-order valence-corrected chi connectivity index (χ2v) is 5.30. The van der Waals surface area contributed by atoms with Crippen molar-refractivity contribution >= 4 is 11.8 Å². The van der Waals surface area contributed by atoms with E-state index < -0.39 is 36.5 Å². The third-order valence-electron chi connectivity index (χ3n) is 2.82. The van der Waals surface area contributed by atoms with Gasteiger partial charge >= 0.3 is 0 Å². The van der Waals surface area contributed by atoms with Crippen molar-refractivity contribution in [1.29, 1.82) is 0 Å². The summed E-state index contributed by atoms with van der Waals surface area (Å²) in [5.74, 6) is 0. The summed E-state index contributed by atoms with van der Waals surface area (Å²) in [5, 5.41) is 37.9. The molecule has 1 heterocycles. The fourth-order valence-corrected chi connectivity index (χ4v) is 2.89. The monoisotopic (exact) mass is 272 g/mol. The van der Waals surface area contributed by atoms with Crippen LogP contribution in [-0.2, 0) is 4.74 Å². The van der Waals surface area contributed by atoms with Gasteiger partial charge in [0.25, 0.3) is 0 Å². The number of rotatable bonds is 4. The fraction of sp³-hybridized carbons (Fsp3) is 0.500. The van der Waals surface area contributed by atoms with Gasteiger partial charge in [-0.3, -0.25) is 0 Å². The van der Waals surface area contributed by atoms with Gasteiger partial charge in [0, 0.05) is 4.90 Å². The molecule has 1 fully saturated rings. The molecule has 0 unspecified atom stereocenters. The Hall–Kier alpha value is -0.630. The highest BCUT2D eigenvalue weighted by atomic mass is 32.2. The maximum atomic E-state index is 9.85. The quantitative estimate of drug-likeness (QED) is 0.595. The van der Waals surface area contributed by atoms with E-state index in [0.29, 0.717) is 0 Å². The van der Waals surface area contributed by atoms with Crippen molar-refractivity contribution in [3.05, 3.63) is 30.3 Å². The van der Waals surface area contributed by atoms with E-state index in [0.717, 1.165) is 4.90 Å². The van der Waals surface area contributed by atoms with Crippen LogP contribution in [0.2, 0.25) is 0 Å². The van der Waals surface area contributed by atoms with Gasteiger partial charge in [-0.1, -0.05) is 30.0 Å². The van der Waals surface area contributed by atoms with Gasteiger partial charge in [-0.2, -0.15) is 0 Å². The first-order chi connectivity index (χ1) is 8.63. The maximum absolute atomic E-state index is 9.85. The first-order valence-electron chi connectivity index (χ1n) is 5.65. The fourth-order valence-electron chi connectivity index (χ4n) is 1.82. The van der Waals surface area contributed by atoms with Crippen LogP contribution >= 0.6 is 11.8 Å². The molecule has 100 valence electrons. The topological polar surface area (TPSA) is 90.2 Å². The van der Waals surface area contributed by atoms with Gasteiger partial charge in [0.15, 0.2) is 0 Å². The Balaban J connectivity index is 2.03. The van der Waals surface area contributed by atoms with Crippen molar-refractivity contribution in [3.8, 4) is 0 Å². The molecule has 1 aliphatic rings. The van der Waals surface area contributed by atoms with E-state index in [4.69, 9.17) is 9.84 Å². The molecule has 1 aliphatic heterocycles. The second kappa shape index (κ2) is 6.01. The van der Waals surface area contributed by atoms with Crippen LogP contribution in [0.25, 0.3) is 0 Å². The summed E-state index contributed by atoms with van der Waals surface area (Å²) >= 11 is 1.27. The SMILES string of the molecule is OC[C@@H](O)[C@H]1O[C@H](Sc2ccccc2)[C@H](O)[C@H]1O. The molecule has 5 nitrogen and oxygen atoms in total. The number of ether oxygens (including phenoxy) is 1. The molecule has 18 heavy (non-hydrogen) atoms. The van der Waals surface area contributed by atoms with Crippen LogP contribution in [0.3, 0.4) is 0 Å². The third kappa shape index (κ3) is 2.85. The average Bonchev–Trinajstić information content (AvgIpc) is 2.67. The summed E-state index contributed by atoms with van der Waals surface area (Å²) < 4.78 is 5.40. The Morgan fingerprint density at radius 2 is 1.83 bits per heavy atom. The van der Waals surface area contributed by atoms with E-state index in [1.807, 2.05) is 30.3 Å². The van der Waals surface area contributed by atoms with Crippen molar-refractivity contribution in [2.45, 2.75) is 34.7 Å². The largest absolute Gasteiger partial charge is 0.394 e. The van der Waals surface area contributed by atoms with E-state index >= 15 is 0 Å². The van der Waals surface area contributed by atoms with Crippen molar-refractivity contribution in [2.24, 2.45) is 0 Å². The number of aliphatic hydroxyl groups is 4. The Morgan fingerprint density at radius 1 is 1.17 bits per heavy atom. The van der Waals surface area contributed by atoms with Gasteiger partial charge in [0.1, 0.15) is 29.9 Å². The third-order valence-corrected chi connectivity index (χ3v) is 3.98. The van der Waals surface area contributed by atoms with Crippen LogP contribution in [0.5, 0.6) is 0 Å². The van der Waals surface area contributed by atoms with Crippen LogP contribution in [0.1, 0.15) is 0 Å². The summed E-state index contributed by atoms with van der Waals surface area (Å²) in [6.45, 7) is -0.517. The highest BCUT2D eigenvalue weighted by Crippen LogP contribution is 2.35. The normalized spacial score (nSPS) is 33.6. The highest BCUT2D eigenvalue weighted by molar-refractivity contribution is 7.99. The lowest BCUT2D eigenvalue weighted by Gasteiger charge is -2.18. The number of aliphatic hydroxyl groups excluding tert-OH is 4. The van der Waals surface area contributed by atoms with E-state index in [2.05, 4.69) is 0 Å². The molecular weight excluding hydrogens is 256 g/mol.